The Kier molecular flexibility index (Phi) is 7.35. The standard InChI is InChI=1S/C30H25N3O6S/c1-39-27-17-8-7-16-25(27)32-40(37,38)22-13-9-12-21(19-22)31-28(34)26(18-20-10-3-2-4-11-20)33-29(35)23-14-5-6-15-24(23)30(33)36/h2-17,19,26,32H,18H2,1H3,(H,31,34)/t26-/m0/s1. The Labute approximate surface area is 231 Å². The maximum absolute atomic E-state index is 13.6. The molecule has 0 aliphatic carbocycles. The fourth-order valence-electron chi connectivity index (χ4n) is 4.53. The third-order valence-corrected chi connectivity index (χ3v) is 7.84. The van der Waals surface area contributed by atoms with Crippen molar-refractivity contribution < 1.29 is 27.5 Å². The molecule has 0 unspecified atom stereocenters. The van der Waals surface area contributed by atoms with E-state index >= 15 is 0 Å². The van der Waals surface area contributed by atoms with Crippen LogP contribution in [0, 0.1) is 0 Å². The van der Waals surface area contributed by atoms with Crippen LogP contribution in [0.5, 0.6) is 5.75 Å². The highest BCUT2D eigenvalue weighted by Crippen LogP contribution is 2.29. The third kappa shape index (κ3) is 5.29. The van der Waals surface area contributed by atoms with Gasteiger partial charge in [-0.15, -0.1) is 0 Å². The topological polar surface area (TPSA) is 122 Å². The summed E-state index contributed by atoms with van der Waals surface area (Å²) in [6.45, 7) is 0. The molecule has 0 saturated carbocycles. The van der Waals surface area contributed by atoms with E-state index in [1.807, 2.05) is 6.07 Å². The first kappa shape index (κ1) is 26.6. The highest BCUT2D eigenvalue weighted by molar-refractivity contribution is 7.92. The number of ether oxygens (including phenoxy) is 1. The van der Waals surface area contributed by atoms with Crippen LogP contribution in [0.15, 0.2) is 108 Å². The van der Waals surface area contributed by atoms with Gasteiger partial charge < -0.3 is 10.1 Å². The number of nitrogens with one attached hydrogen (secondary N) is 2. The summed E-state index contributed by atoms with van der Waals surface area (Å²) >= 11 is 0. The zero-order valence-electron chi connectivity index (χ0n) is 21.4. The number of amides is 3. The van der Waals surface area contributed by atoms with E-state index in [9.17, 15) is 22.8 Å². The summed E-state index contributed by atoms with van der Waals surface area (Å²) in [6, 6.07) is 26.6. The van der Waals surface area contributed by atoms with Crippen LogP contribution < -0.4 is 14.8 Å². The summed E-state index contributed by atoms with van der Waals surface area (Å²) in [6.07, 6.45) is 0.0749. The summed E-state index contributed by atoms with van der Waals surface area (Å²) in [5.74, 6) is -1.41. The SMILES string of the molecule is COc1ccccc1NS(=O)(=O)c1cccc(NC(=O)[C@H](Cc2ccccc2)N2C(=O)c3ccccc3C2=O)c1. The molecule has 5 rings (SSSR count). The first-order valence-electron chi connectivity index (χ1n) is 12.4. The lowest BCUT2D eigenvalue weighted by Crippen LogP contribution is -2.48. The second kappa shape index (κ2) is 11.0. The van der Waals surface area contributed by atoms with Crippen molar-refractivity contribution in [3.05, 3.63) is 120 Å². The molecule has 4 aromatic carbocycles. The molecule has 0 spiro atoms. The van der Waals surface area contributed by atoms with Crippen molar-refractivity contribution in [2.45, 2.75) is 17.4 Å². The van der Waals surface area contributed by atoms with E-state index in [2.05, 4.69) is 10.0 Å². The van der Waals surface area contributed by atoms with E-state index in [-0.39, 0.29) is 33.8 Å². The predicted octanol–water partition coefficient (Wildman–Crippen LogP) is 4.34. The summed E-state index contributed by atoms with van der Waals surface area (Å²) in [5, 5.41) is 2.70. The molecule has 0 saturated heterocycles. The van der Waals surface area contributed by atoms with Gasteiger partial charge in [-0.3, -0.25) is 24.0 Å². The van der Waals surface area contributed by atoms with Gasteiger partial charge in [-0.05, 0) is 48.0 Å². The normalized spacial score (nSPS) is 13.5. The van der Waals surface area contributed by atoms with Crippen LogP contribution in [0.25, 0.3) is 0 Å². The Morgan fingerprint density at radius 3 is 2.12 bits per heavy atom. The molecule has 2 N–H and O–H groups in total. The number of carbonyl (C=O) groups excluding carboxylic acids is 3. The van der Waals surface area contributed by atoms with Crippen LogP contribution in [-0.2, 0) is 21.2 Å². The molecule has 40 heavy (non-hydrogen) atoms. The van der Waals surface area contributed by atoms with Crippen molar-refractivity contribution in [3.63, 3.8) is 0 Å². The molecule has 1 heterocycles. The molecule has 1 atom stereocenters. The lowest BCUT2D eigenvalue weighted by atomic mass is 10.0. The molecule has 0 fully saturated rings. The summed E-state index contributed by atoms with van der Waals surface area (Å²) < 4.78 is 34.0. The average molecular weight is 556 g/mol. The van der Waals surface area contributed by atoms with E-state index in [1.54, 1.807) is 72.8 Å². The lowest BCUT2D eigenvalue weighted by molar-refractivity contribution is -0.119. The summed E-state index contributed by atoms with van der Waals surface area (Å²) in [7, 11) is -2.61. The summed E-state index contributed by atoms with van der Waals surface area (Å²) in [5.41, 5.74) is 1.65. The van der Waals surface area contributed by atoms with Gasteiger partial charge in [0.15, 0.2) is 0 Å². The zero-order chi connectivity index (χ0) is 28.3. The third-order valence-electron chi connectivity index (χ3n) is 6.47. The smallest absolute Gasteiger partial charge is 0.262 e. The van der Waals surface area contributed by atoms with E-state index in [1.165, 1.54) is 31.4 Å². The first-order valence-corrected chi connectivity index (χ1v) is 13.8. The number of benzene rings is 4. The van der Waals surface area contributed by atoms with E-state index in [4.69, 9.17) is 4.74 Å². The molecule has 10 heteroatoms. The summed E-state index contributed by atoms with van der Waals surface area (Å²) in [4.78, 5) is 41.0. The van der Waals surface area contributed by atoms with Crippen molar-refractivity contribution in [1.29, 1.82) is 0 Å². The van der Waals surface area contributed by atoms with E-state index in [0.717, 1.165) is 10.5 Å². The second-order valence-corrected chi connectivity index (χ2v) is 10.7. The molecular weight excluding hydrogens is 530 g/mol. The quantitative estimate of drug-likeness (QED) is 0.296. The van der Waals surface area contributed by atoms with Gasteiger partial charge >= 0.3 is 0 Å². The van der Waals surface area contributed by atoms with Gasteiger partial charge in [-0.2, -0.15) is 0 Å². The fraction of sp³-hybridized carbons (Fsp3) is 0.100. The van der Waals surface area contributed by atoms with Gasteiger partial charge in [0.25, 0.3) is 21.8 Å². The average Bonchev–Trinajstić information content (AvgIpc) is 3.22. The Hall–Kier alpha value is -4.96. The maximum Gasteiger partial charge on any atom is 0.262 e. The van der Waals surface area contributed by atoms with Crippen LogP contribution in [0.3, 0.4) is 0 Å². The highest BCUT2D eigenvalue weighted by Gasteiger charge is 2.42. The molecular formula is C30H25N3O6S. The molecule has 0 bridgehead atoms. The molecule has 0 aromatic heterocycles. The van der Waals surface area contributed by atoms with Crippen molar-refractivity contribution >= 4 is 39.1 Å². The number of hydrogen-bond acceptors (Lipinski definition) is 6. The van der Waals surface area contributed by atoms with Gasteiger partial charge in [-0.25, -0.2) is 8.42 Å². The Morgan fingerprint density at radius 1 is 0.825 bits per heavy atom. The number of para-hydroxylation sites is 2. The van der Waals surface area contributed by atoms with Crippen LogP contribution in [-0.4, -0.2) is 44.2 Å². The van der Waals surface area contributed by atoms with Gasteiger partial charge in [-0.1, -0.05) is 60.7 Å². The highest BCUT2D eigenvalue weighted by atomic mass is 32.2. The molecule has 3 amide bonds. The molecule has 9 nitrogen and oxygen atoms in total. The van der Waals surface area contributed by atoms with Gasteiger partial charge in [0.1, 0.15) is 11.8 Å². The largest absolute Gasteiger partial charge is 0.495 e. The van der Waals surface area contributed by atoms with Gasteiger partial charge in [0, 0.05) is 12.1 Å². The molecule has 0 radical (unpaired) electrons. The van der Waals surface area contributed by atoms with Crippen LogP contribution in [0.1, 0.15) is 26.3 Å². The Morgan fingerprint density at radius 2 is 1.45 bits per heavy atom. The number of anilines is 2. The number of imide groups is 1. The van der Waals surface area contributed by atoms with Crippen LogP contribution in [0.4, 0.5) is 11.4 Å². The van der Waals surface area contributed by atoms with Crippen molar-refractivity contribution in [3.8, 4) is 5.75 Å². The van der Waals surface area contributed by atoms with E-state index in [0.29, 0.717) is 5.75 Å². The second-order valence-electron chi connectivity index (χ2n) is 9.05. The number of sulfonamides is 1. The monoisotopic (exact) mass is 555 g/mol. The maximum atomic E-state index is 13.6. The van der Waals surface area contributed by atoms with Crippen molar-refractivity contribution in [1.82, 2.24) is 4.90 Å². The minimum absolute atomic E-state index is 0.0749. The van der Waals surface area contributed by atoms with Crippen molar-refractivity contribution in [2.75, 3.05) is 17.1 Å². The Balaban J connectivity index is 1.43. The van der Waals surface area contributed by atoms with Gasteiger partial charge in [0.05, 0.1) is 28.8 Å². The molecule has 202 valence electrons. The number of nitrogens with zero attached hydrogens (tertiary/aromatic N) is 1. The number of rotatable bonds is 9. The minimum Gasteiger partial charge on any atom is -0.495 e. The number of hydrogen-bond donors (Lipinski definition) is 2. The lowest BCUT2D eigenvalue weighted by Gasteiger charge is -2.25. The van der Waals surface area contributed by atoms with Crippen LogP contribution in [0.2, 0.25) is 0 Å². The van der Waals surface area contributed by atoms with Crippen LogP contribution >= 0.6 is 0 Å². The number of methoxy groups -OCH3 is 1. The first-order chi connectivity index (χ1) is 19.3. The molecule has 4 aromatic rings. The fourth-order valence-corrected chi connectivity index (χ4v) is 5.64. The predicted molar refractivity (Wildman–Crippen MR) is 150 cm³/mol. The van der Waals surface area contributed by atoms with E-state index < -0.39 is 33.8 Å². The van der Waals surface area contributed by atoms with Gasteiger partial charge in [0.2, 0.25) is 5.91 Å². The van der Waals surface area contributed by atoms with Crippen molar-refractivity contribution in [2.24, 2.45) is 0 Å². The minimum atomic E-state index is -4.04. The number of carbonyl (C=O) groups is 3. The zero-order valence-corrected chi connectivity index (χ0v) is 22.2. The molecule has 1 aliphatic heterocycles. The molecule has 1 aliphatic rings. The Bertz CT molecular complexity index is 1670. The number of fused-ring (bicyclic) bond motifs is 1.